The van der Waals surface area contributed by atoms with Crippen LogP contribution < -0.4 is 0 Å². The lowest BCUT2D eigenvalue weighted by Crippen LogP contribution is -2.29. The minimum absolute atomic E-state index is 0.342. The van der Waals surface area contributed by atoms with Crippen LogP contribution in [-0.4, -0.2) is 32.2 Å². The van der Waals surface area contributed by atoms with Gasteiger partial charge in [0.05, 0.1) is 25.1 Å². The van der Waals surface area contributed by atoms with Crippen molar-refractivity contribution >= 4 is 22.8 Å². The number of nitrogens with zero attached hydrogens (tertiary/aromatic N) is 4. The molecule has 5 atom stereocenters. The second-order valence-corrected chi connectivity index (χ2v) is 6.29. The Balaban J connectivity index is 1.68. The first-order chi connectivity index (χ1) is 9.33. The van der Waals surface area contributed by atoms with Crippen molar-refractivity contribution in [3.8, 4) is 0 Å². The Morgan fingerprint density at radius 1 is 1.21 bits per heavy atom. The van der Waals surface area contributed by atoms with Gasteiger partial charge in [0.2, 0.25) is 0 Å². The number of halogens is 1. The smallest absolute Gasteiger partial charge is 0.165 e. The lowest BCUT2D eigenvalue weighted by molar-refractivity contribution is 0.0656. The van der Waals surface area contributed by atoms with Crippen LogP contribution in [-0.2, 0) is 4.74 Å². The van der Waals surface area contributed by atoms with Crippen LogP contribution in [0.3, 0.4) is 0 Å². The second kappa shape index (κ2) is 3.46. The van der Waals surface area contributed by atoms with E-state index in [1.807, 2.05) is 6.33 Å². The Labute approximate surface area is 115 Å². The summed E-state index contributed by atoms with van der Waals surface area (Å²) in [4.78, 5) is 12.7. The molecule has 2 aromatic heterocycles. The van der Waals surface area contributed by atoms with Crippen LogP contribution in [0.2, 0.25) is 5.15 Å². The molecule has 5 rings (SSSR count). The second-order valence-electron chi connectivity index (χ2n) is 5.93. The number of rotatable bonds is 1. The van der Waals surface area contributed by atoms with Gasteiger partial charge in [-0.3, -0.25) is 0 Å². The fraction of sp³-hybridized carbons (Fsp3) is 0.615. The van der Waals surface area contributed by atoms with E-state index in [2.05, 4.69) is 19.5 Å². The van der Waals surface area contributed by atoms with E-state index in [0.717, 1.165) is 24.1 Å². The standard InChI is InChI=1S/C13H13ClN4O/c14-12-9-13(16-4-15-12)18(5-17-9)10-6-1-7-3-19-11(10)8(7)2-6/h4-8,10-11H,1-3H2/t6-,7-,8+,10+,11+/m1/s1. The van der Waals surface area contributed by atoms with Crippen molar-refractivity contribution in [3.63, 3.8) is 0 Å². The summed E-state index contributed by atoms with van der Waals surface area (Å²) in [7, 11) is 0. The van der Waals surface area contributed by atoms with Crippen molar-refractivity contribution in [2.45, 2.75) is 25.0 Å². The van der Waals surface area contributed by atoms with Gasteiger partial charge in [0, 0.05) is 0 Å². The molecular formula is C13H13ClN4O. The molecule has 2 aliphatic carbocycles. The number of fused-ring (bicyclic) bond motifs is 2. The zero-order valence-corrected chi connectivity index (χ0v) is 11.0. The van der Waals surface area contributed by atoms with Gasteiger partial charge in [0.25, 0.3) is 0 Å². The van der Waals surface area contributed by atoms with Crippen molar-refractivity contribution < 1.29 is 4.74 Å². The lowest BCUT2D eigenvalue weighted by Gasteiger charge is -2.27. The molecule has 98 valence electrons. The van der Waals surface area contributed by atoms with Gasteiger partial charge in [-0.15, -0.1) is 0 Å². The van der Waals surface area contributed by atoms with Gasteiger partial charge < -0.3 is 9.30 Å². The number of hydrogen-bond donors (Lipinski definition) is 0. The fourth-order valence-corrected chi connectivity index (χ4v) is 4.66. The predicted molar refractivity (Wildman–Crippen MR) is 68.8 cm³/mol. The molecule has 5 nitrogen and oxygen atoms in total. The third-order valence-corrected chi connectivity index (χ3v) is 5.44. The zero-order valence-electron chi connectivity index (χ0n) is 10.2. The Kier molecular flexibility index (Phi) is 1.93. The van der Waals surface area contributed by atoms with E-state index >= 15 is 0 Å². The summed E-state index contributed by atoms with van der Waals surface area (Å²) >= 11 is 6.08. The van der Waals surface area contributed by atoms with Gasteiger partial charge in [-0.1, -0.05) is 11.6 Å². The summed E-state index contributed by atoms with van der Waals surface area (Å²) in [6, 6.07) is 0.375. The molecule has 0 amide bonds. The summed E-state index contributed by atoms with van der Waals surface area (Å²) in [5.74, 6) is 2.23. The normalized spacial score (nSPS) is 39.5. The molecular weight excluding hydrogens is 264 g/mol. The molecule has 0 N–H and O–H groups in total. The molecule has 3 heterocycles. The maximum Gasteiger partial charge on any atom is 0.165 e. The lowest BCUT2D eigenvalue weighted by atomic mass is 9.87. The van der Waals surface area contributed by atoms with Crippen molar-refractivity contribution in [2.24, 2.45) is 17.8 Å². The minimum Gasteiger partial charge on any atom is -0.375 e. The topological polar surface area (TPSA) is 52.8 Å². The maximum atomic E-state index is 6.08. The zero-order chi connectivity index (χ0) is 12.6. The molecule has 2 bridgehead atoms. The van der Waals surface area contributed by atoms with Gasteiger partial charge >= 0.3 is 0 Å². The number of ether oxygens (including phenoxy) is 1. The van der Waals surface area contributed by atoms with Crippen LogP contribution in [0.25, 0.3) is 11.2 Å². The summed E-state index contributed by atoms with van der Waals surface area (Å²) in [5, 5.41) is 0.428. The fourth-order valence-electron chi connectivity index (χ4n) is 4.48. The van der Waals surface area contributed by atoms with Crippen LogP contribution in [0.5, 0.6) is 0 Å². The van der Waals surface area contributed by atoms with Crippen LogP contribution >= 0.6 is 11.6 Å². The summed E-state index contributed by atoms with van der Waals surface area (Å²) in [6.07, 6.45) is 6.28. The van der Waals surface area contributed by atoms with E-state index in [1.54, 1.807) is 0 Å². The summed E-state index contributed by atoms with van der Waals surface area (Å²) in [6.45, 7) is 0.935. The van der Waals surface area contributed by atoms with Crippen molar-refractivity contribution in [2.75, 3.05) is 6.61 Å². The largest absolute Gasteiger partial charge is 0.375 e. The van der Waals surface area contributed by atoms with Gasteiger partial charge in [0.1, 0.15) is 11.8 Å². The van der Waals surface area contributed by atoms with E-state index < -0.39 is 0 Å². The first-order valence-electron chi connectivity index (χ1n) is 6.77. The van der Waals surface area contributed by atoms with Gasteiger partial charge in [0.15, 0.2) is 10.8 Å². The molecule has 2 saturated carbocycles. The van der Waals surface area contributed by atoms with E-state index in [9.17, 15) is 0 Å². The molecule has 6 heteroatoms. The third kappa shape index (κ3) is 1.23. The molecule has 19 heavy (non-hydrogen) atoms. The van der Waals surface area contributed by atoms with Crippen LogP contribution in [0.15, 0.2) is 12.7 Å². The number of hydrogen-bond acceptors (Lipinski definition) is 4. The predicted octanol–water partition coefficient (Wildman–Crippen LogP) is 2.08. The molecule has 3 fully saturated rings. The average Bonchev–Trinajstić information content (AvgIpc) is 3.09. The Bertz CT molecular complexity index is 670. The van der Waals surface area contributed by atoms with E-state index in [0.29, 0.717) is 28.7 Å². The highest BCUT2D eigenvalue weighted by molar-refractivity contribution is 6.33. The Morgan fingerprint density at radius 3 is 3.11 bits per heavy atom. The van der Waals surface area contributed by atoms with Crippen molar-refractivity contribution in [3.05, 3.63) is 17.8 Å². The van der Waals surface area contributed by atoms with Gasteiger partial charge in [-0.05, 0) is 30.6 Å². The molecule has 0 spiro atoms. The highest BCUT2D eigenvalue weighted by Gasteiger charge is 2.58. The Hall–Kier alpha value is -1.20. The van der Waals surface area contributed by atoms with Crippen LogP contribution in [0, 0.1) is 17.8 Å². The van der Waals surface area contributed by atoms with Gasteiger partial charge in [-0.2, -0.15) is 0 Å². The highest BCUT2D eigenvalue weighted by Crippen LogP contribution is 2.58. The van der Waals surface area contributed by atoms with Crippen molar-refractivity contribution in [1.29, 1.82) is 0 Å². The quantitative estimate of drug-likeness (QED) is 0.748. The maximum absolute atomic E-state index is 6.08. The molecule has 0 unspecified atom stereocenters. The monoisotopic (exact) mass is 276 g/mol. The SMILES string of the molecule is Clc1ncnc2c1ncn2[C@H]1[C@@H]2C[C@@H]3CO[C@H]1[C@H]3C2. The van der Waals surface area contributed by atoms with Gasteiger partial charge in [-0.25, -0.2) is 15.0 Å². The summed E-state index contributed by atoms with van der Waals surface area (Å²) in [5.41, 5.74) is 1.53. The number of aromatic nitrogens is 4. The van der Waals surface area contributed by atoms with E-state index in [4.69, 9.17) is 16.3 Å². The van der Waals surface area contributed by atoms with Crippen LogP contribution in [0.1, 0.15) is 18.9 Å². The number of imidazole rings is 1. The van der Waals surface area contributed by atoms with E-state index in [1.165, 1.54) is 19.2 Å². The summed E-state index contributed by atoms with van der Waals surface area (Å²) < 4.78 is 8.19. The highest BCUT2D eigenvalue weighted by atomic mass is 35.5. The van der Waals surface area contributed by atoms with E-state index in [-0.39, 0.29) is 0 Å². The van der Waals surface area contributed by atoms with Crippen molar-refractivity contribution in [1.82, 2.24) is 19.5 Å². The third-order valence-electron chi connectivity index (χ3n) is 5.17. The first-order valence-corrected chi connectivity index (χ1v) is 7.15. The molecule has 2 aromatic rings. The molecule has 0 radical (unpaired) electrons. The Morgan fingerprint density at radius 2 is 2.16 bits per heavy atom. The minimum atomic E-state index is 0.342. The molecule has 3 aliphatic rings. The van der Waals surface area contributed by atoms with Crippen LogP contribution in [0.4, 0.5) is 0 Å². The first kappa shape index (κ1) is 10.6. The average molecular weight is 277 g/mol. The molecule has 1 saturated heterocycles. The molecule has 0 aromatic carbocycles. The molecule has 1 aliphatic heterocycles.